The van der Waals surface area contributed by atoms with Crippen LogP contribution in [0.1, 0.15) is 0 Å². The predicted octanol–water partition coefficient (Wildman–Crippen LogP) is 1.94. The molecule has 16 heavy (non-hydrogen) atoms. The van der Waals surface area contributed by atoms with E-state index in [-0.39, 0.29) is 0 Å². The van der Waals surface area contributed by atoms with Gasteiger partial charge in [0.1, 0.15) is 13.2 Å². The maximum atomic E-state index is 11.4. The highest BCUT2D eigenvalue weighted by atomic mass is 16.5. The molecule has 1 N–H and O–H groups in total. The Morgan fingerprint density at radius 1 is 1.25 bits per heavy atom. The molecule has 0 aromatic heterocycles. The van der Waals surface area contributed by atoms with Crippen molar-refractivity contribution >= 4 is 11.8 Å². The standard InChI is InChI=1S/C12H18N2O2/c1-14(2,3)9-10-16-12(15)13-11-7-5-4-6-8-11/h4-8H,9-10H2,1-3H3/p+1. The highest BCUT2D eigenvalue weighted by Gasteiger charge is 2.09. The van der Waals surface area contributed by atoms with Gasteiger partial charge in [0.2, 0.25) is 0 Å². The molecule has 0 saturated heterocycles. The van der Waals surface area contributed by atoms with E-state index in [1.54, 1.807) is 0 Å². The summed E-state index contributed by atoms with van der Waals surface area (Å²) in [5, 5.41) is 2.66. The van der Waals surface area contributed by atoms with Gasteiger partial charge in [-0.3, -0.25) is 5.32 Å². The molecule has 1 amide bonds. The smallest absolute Gasteiger partial charge is 0.411 e. The van der Waals surface area contributed by atoms with E-state index in [1.807, 2.05) is 30.3 Å². The second-order valence-corrected chi connectivity index (χ2v) is 4.64. The van der Waals surface area contributed by atoms with E-state index in [0.29, 0.717) is 6.61 Å². The highest BCUT2D eigenvalue weighted by molar-refractivity contribution is 5.84. The number of rotatable bonds is 4. The number of carbonyl (C=O) groups excluding carboxylic acids is 1. The molecule has 0 spiro atoms. The zero-order chi connectivity index (χ0) is 12.0. The van der Waals surface area contributed by atoms with Crippen molar-refractivity contribution in [1.29, 1.82) is 0 Å². The molecule has 0 aliphatic heterocycles. The number of anilines is 1. The Bertz CT molecular complexity index is 331. The maximum Gasteiger partial charge on any atom is 0.411 e. The second kappa shape index (κ2) is 5.51. The van der Waals surface area contributed by atoms with Crippen molar-refractivity contribution in [2.24, 2.45) is 0 Å². The van der Waals surface area contributed by atoms with Crippen LogP contribution in [0.4, 0.5) is 10.5 Å². The fourth-order valence-corrected chi connectivity index (χ4v) is 1.09. The molecule has 0 atom stereocenters. The first-order chi connectivity index (χ1) is 7.47. The van der Waals surface area contributed by atoms with Crippen molar-refractivity contribution in [2.45, 2.75) is 0 Å². The van der Waals surface area contributed by atoms with E-state index in [1.165, 1.54) is 0 Å². The SMILES string of the molecule is C[N+](C)(C)CCOC(=O)Nc1ccccc1. The van der Waals surface area contributed by atoms with Crippen LogP contribution >= 0.6 is 0 Å². The molecule has 1 aromatic carbocycles. The Morgan fingerprint density at radius 3 is 2.44 bits per heavy atom. The molecular formula is C12H19N2O2+. The normalized spacial score (nSPS) is 10.9. The molecule has 4 heteroatoms. The van der Waals surface area contributed by atoms with Gasteiger partial charge in [0.25, 0.3) is 0 Å². The number of ether oxygens (including phenoxy) is 1. The van der Waals surface area contributed by atoms with Gasteiger partial charge in [-0.25, -0.2) is 4.79 Å². The van der Waals surface area contributed by atoms with E-state index >= 15 is 0 Å². The molecule has 1 rings (SSSR count). The number of carbonyl (C=O) groups is 1. The van der Waals surface area contributed by atoms with Crippen LogP contribution in [0.2, 0.25) is 0 Å². The first-order valence-electron chi connectivity index (χ1n) is 5.27. The van der Waals surface area contributed by atoms with Gasteiger partial charge in [-0.2, -0.15) is 0 Å². The van der Waals surface area contributed by atoms with Crippen LogP contribution in [0.3, 0.4) is 0 Å². The number of nitrogens with zero attached hydrogens (tertiary/aromatic N) is 1. The van der Waals surface area contributed by atoms with E-state index in [9.17, 15) is 4.79 Å². The van der Waals surface area contributed by atoms with Crippen molar-refractivity contribution in [3.05, 3.63) is 30.3 Å². The Kier molecular flexibility index (Phi) is 4.31. The number of nitrogens with one attached hydrogen (secondary N) is 1. The van der Waals surface area contributed by atoms with Gasteiger partial charge < -0.3 is 9.22 Å². The minimum atomic E-state index is -0.403. The first-order valence-corrected chi connectivity index (χ1v) is 5.27. The predicted molar refractivity (Wildman–Crippen MR) is 64.3 cm³/mol. The summed E-state index contributed by atoms with van der Waals surface area (Å²) >= 11 is 0. The molecular weight excluding hydrogens is 204 g/mol. The zero-order valence-electron chi connectivity index (χ0n) is 10.1. The quantitative estimate of drug-likeness (QED) is 0.792. The molecule has 0 bridgehead atoms. The molecule has 0 fully saturated rings. The van der Waals surface area contributed by atoms with Crippen LogP contribution in [-0.4, -0.2) is 44.9 Å². The van der Waals surface area contributed by atoms with Gasteiger partial charge in [-0.15, -0.1) is 0 Å². The lowest BCUT2D eigenvalue weighted by Crippen LogP contribution is -2.38. The van der Waals surface area contributed by atoms with E-state index < -0.39 is 6.09 Å². The topological polar surface area (TPSA) is 38.3 Å². The van der Waals surface area contributed by atoms with E-state index in [4.69, 9.17) is 4.74 Å². The van der Waals surface area contributed by atoms with Crippen molar-refractivity contribution < 1.29 is 14.0 Å². The molecule has 0 heterocycles. The van der Waals surface area contributed by atoms with Gasteiger partial charge in [-0.05, 0) is 12.1 Å². The summed E-state index contributed by atoms with van der Waals surface area (Å²) < 4.78 is 5.83. The third-order valence-corrected chi connectivity index (χ3v) is 2.02. The number of amides is 1. The Balaban J connectivity index is 2.27. The molecule has 0 radical (unpaired) electrons. The van der Waals surface area contributed by atoms with Gasteiger partial charge in [0.05, 0.1) is 21.1 Å². The summed E-state index contributed by atoms with van der Waals surface area (Å²) in [7, 11) is 6.16. The van der Waals surface area contributed by atoms with Gasteiger partial charge in [0.15, 0.2) is 0 Å². The third kappa shape index (κ3) is 5.36. The molecule has 0 aliphatic carbocycles. The summed E-state index contributed by atoms with van der Waals surface area (Å²) in [5.74, 6) is 0. The summed E-state index contributed by atoms with van der Waals surface area (Å²) in [6, 6.07) is 9.26. The number of benzene rings is 1. The molecule has 0 aliphatic rings. The number of likely N-dealkylation sites (N-methyl/N-ethyl adjacent to an activating group) is 1. The number of quaternary nitrogens is 1. The summed E-state index contributed by atoms with van der Waals surface area (Å²) in [5.41, 5.74) is 0.748. The fourth-order valence-electron chi connectivity index (χ4n) is 1.09. The van der Waals surface area contributed by atoms with Crippen LogP contribution in [0.15, 0.2) is 30.3 Å². The van der Waals surface area contributed by atoms with Crippen molar-refractivity contribution in [1.82, 2.24) is 0 Å². The Hall–Kier alpha value is -1.55. The lowest BCUT2D eigenvalue weighted by molar-refractivity contribution is -0.870. The third-order valence-electron chi connectivity index (χ3n) is 2.02. The largest absolute Gasteiger partial charge is 0.443 e. The van der Waals surface area contributed by atoms with E-state index in [0.717, 1.165) is 16.7 Å². The van der Waals surface area contributed by atoms with Crippen LogP contribution in [-0.2, 0) is 4.74 Å². The monoisotopic (exact) mass is 223 g/mol. The number of hydrogen-bond acceptors (Lipinski definition) is 2. The van der Waals surface area contributed by atoms with Crippen molar-refractivity contribution in [3.8, 4) is 0 Å². The summed E-state index contributed by atoms with van der Waals surface area (Å²) in [6.07, 6.45) is -0.403. The molecule has 88 valence electrons. The van der Waals surface area contributed by atoms with Crippen LogP contribution in [0.25, 0.3) is 0 Å². The lowest BCUT2D eigenvalue weighted by atomic mass is 10.3. The van der Waals surface area contributed by atoms with Crippen LogP contribution < -0.4 is 5.32 Å². The van der Waals surface area contributed by atoms with Gasteiger partial charge >= 0.3 is 6.09 Å². The molecule has 0 unspecified atom stereocenters. The molecule has 1 aromatic rings. The van der Waals surface area contributed by atoms with Crippen molar-refractivity contribution in [2.75, 3.05) is 39.6 Å². The first kappa shape index (κ1) is 12.5. The van der Waals surface area contributed by atoms with Crippen molar-refractivity contribution in [3.63, 3.8) is 0 Å². The molecule has 4 nitrogen and oxygen atoms in total. The maximum absolute atomic E-state index is 11.4. The Morgan fingerprint density at radius 2 is 1.88 bits per heavy atom. The summed E-state index contributed by atoms with van der Waals surface area (Å²) in [4.78, 5) is 11.4. The fraction of sp³-hybridized carbons (Fsp3) is 0.417. The summed E-state index contributed by atoms with van der Waals surface area (Å²) in [6.45, 7) is 1.21. The van der Waals surface area contributed by atoms with E-state index in [2.05, 4.69) is 26.5 Å². The lowest BCUT2D eigenvalue weighted by Gasteiger charge is -2.23. The second-order valence-electron chi connectivity index (χ2n) is 4.64. The number of para-hydroxylation sites is 1. The Labute approximate surface area is 96.4 Å². The minimum Gasteiger partial charge on any atom is -0.443 e. The van der Waals surface area contributed by atoms with Gasteiger partial charge in [-0.1, -0.05) is 18.2 Å². The highest BCUT2D eigenvalue weighted by Crippen LogP contribution is 2.05. The average Bonchev–Trinajstić information content (AvgIpc) is 2.17. The van der Waals surface area contributed by atoms with Crippen LogP contribution in [0.5, 0.6) is 0 Å². The minimum absolute atomic E-state index is 0.403. The molecule has 0 saturated carbocycles. The number of hydrogen-bond donors (Lipinski definition) is 1. The average molecular weight is 223 g/mol. The van der Waals surface area contributed by atoms with Crippen LogP contribution in [0, 0.1) is 0 Å². The zero-order valence-corrected chi connectivity index (χ0v) is 10.1. The van der Waals surface area contributed by atoms with Gasteiger partial charge in [0, 0.05) is 5.69 Å².